The predicted octanol–water partition coefficient (Wildman–Crippen LogP) is 2.08. The number of aromatic hydroxyl groups is 1. The number of nitriles is 1. The van der Waals surface area contributed by atoms with Gasteiger partial charge in [0.1, 0.15) is 11.5 Å². The molecule has 0 aliphatic rings. The van der Waals surface area contributed by atoms with Crippen LogP contribution >= 0.6 is 0 Å². The van der Waals surface area contributed by atoms with Crippen LogP contribution in [0, 0.1) is 25.2 Å². The van der Waals surface area contributed by atoms with Crippen molar-refractivity contribution in [2.75, 3.05) is 7.11 Å². The number of benzene rings is 1. The highest BCUT2D eigenvalue weighted by Crippen LogP contribution is 2.32. The van der Waals surface area contributed by atoms with E-state index in [1.165, 1.54) is 0 Å². The van der Waals surface area contributed by atoms with Crippen molar-refractivity contribution in [3.05, 3.63) is 22.8 Å². The molecule has 0 bridgehead atoms. The lowest BCUT2D eigenvalue weighted by molar-refractivity contribution is 0.406. The zero-order valence-corrected chi connectivity index (χ0v) is 8.59. The largest absolute Gasteiger partial charge is 0.507 e. The summed E-state index contributed by atoms with van der Waals surface area (Å²) >= 11 is 0. The van der Waals surface area contributed by atoms with Crippen LogP contribution in [0.2, 0.25) is 0 Å². The minimum atomic E-state index is 0.198. The molecule has 0 unspecified atom stereocenters. The van der Waals surface area contributed by atoms with E-state index in [1.54, 1.807) is 13.2 Å². The Morgan fingerprint density at radius 3 is 2.57 bits per heavy atom. The second kappa shape index (κ2) is 4.01. The maximum atomic E-state index is 9.72. The normalized spacial score (nSPS) is 9.57. The summed E-state index contributed by atoms with van der Waals surface area (Å²) in [6, 6.07) is 3.72. The summed E-state index contributed by atoms with van der Waals surface area (Å²) < 4.78 is 5.15. The van der Waals surface area contributed by atoms with Crippen LogP contribution in [0.1, 0.15) is 16.7 Å². The number of hydrogen-bond donors (Lipinski definition) is 1. The Bertz CT molecular complexity index is 391. The van der Waals surface area contributed by atoms with Crippen LogP contribution < -0.4 is 4.74 Å². The minimum absolute atomic E-state index is 0.198. The molecule has 0 atom stereocenters. The van der Waals surface area contributed by atoms with Gasteiger partial charge >= 0.3 is 0 Å². The molecule has 0 radical (unpaired) electrons. The number of phenols is 1. The maximum absolute atomic E-state index is 9.72. The molecule has 1 aromatic rings. The predicted molar refractivity (Wildman–Crippen MR) is 53.4 cm³/mol. The summed E-state index contributed by atoms with van der Waals surface area (Å²) in [5.41, 5.74) is 2.30. The van der Waals surface area contributed by atoms with Crippen molar-refractivity contribution in [3.63, 3.8) is 0 Å². The highest BCUT2D eigenvalue weighted by atomic mass is 16.5. The second-order valence-electron chi connectivity index (χ2n) is 3.17. The van der Waals surface area contributed by atoms with Gasteiger partial charge in [-0.1, -0.05) is 0 Å². The van der Waals surface area contributed by atoms with E-state index in [-0.39, 0.29) is 12.2 Å². The van der Waals surface area contributed by atoms with Crippen molar-refractivity contribution >= 4 is 0 Å². The van der Waals surface area contributed by atoms with Crippen molar-refractivity contribution in [1.82, 2.24) is 0 Å². The Morgan fingerprint density at radius 1 is 1.43 bits per heavy atom. The van der Waals surface area contributed by atoms with E-state index in [0.717, 1.165) is 11.1 Å². The van der Waals surface area contributed by atoms with Crippen molar-refractivity contribution in [3.8, 4) is 17.6 Å². The van der Waals surface area contributed by atoms with Gasteiger partial charge in [-0.3, -0.25) is 0 Å². The molecule has 1 rings (SSSR count). The van der Waals surface area contributed by atoms with Crippen LogP contribution in [-0.4, -0.2) is 12.2 Å². The number of phenolic OH excluding ortho intramolecular Hbond substituents is 1. The average Bonchev–Trinajstić information content (AvgIpc) is 2.19. The Labute approximate surface area is 83.6 Å². The zero-order valence-electron chi connectivity index (χ0n) is 8.59. The molecule has 0 saturated heterocycles. The number of hydrogen-bond acceptors (Lipinski definition) is 3. The lowest BCUT2D eigenvalue weighted by Gasteiger charge is -2.12. The summed E-state index contributed by atoms with van der Waals surface area (Å²) in [6.45, 7) is 3.69. The van der Waals surface area contributed by atoms with Crippen LogP contribution in [0.4, 0.5) is 0 Å². The molecule has 74 valence electrons. The van der Waals surface area contributed by atoms with Crippen molar-refractivity contribution in [2.45, 2.75) is 20.3 Å². The van der Waals surface area contributed by atoms with Crippen LogP contribution in [0.25, 0.3) is 0 Å². The molecule has 3 heteroatoms. The van der Waals surface area contributed by atoms with Crippen LogP contribution in [0.3, 0.4) is 0 Å². The molecule has 0 heterocycles. The van der Waals surface area contributed by atoms with E-state index < -0.39 is 0 Å². The van der Waals surface area contributed by atoms with Gasteiger partial charge in [-0.15, -0.1) is 0 Å². The van der Waals surface area contributed by atoms with Crippen LogP contribution in [0.15, 0.2) is 6.07 Å². The Kier molecular flexibility index (Phi) is 2.98. The first kappa shape index (κ1) is 10.4. The molecule has 0 saturated carbocycles. The van der Waals surface area contributed by atoms with Crippen LogP contribution in [-0.2, 0) is 6.42 Å². The summed E-state index contributed by atoms with van der Waals surface area (Å²) in [6.07, 6.45) is 0.198. The first-order valence-corrected chi connectivity index (χ1v) is 4.34. The fourth-order valence-corrected chi connectivity index (χ4v) is 1.37. The van der Waals surface area contributed by atoms with Crippen LogP contribution in [0.5, 0.6) is 11.5 Å². The third-order valence-electron chi connectivity index (χ3n) is 2.39. The van der Waals surface area contributed by atoms with Gasteiger partial charge in [0, 0.05) is 5.56 Å². The zero-order chi connectivity index (χ0) is 10.7. The average molecular weight is 191 g/mol. The molecule has 3 nitrogen and oxygen atoms in total. The molecule has 14 heavy (non-hydrogen) atoms. The quantitative estimate of drug-likeness (QED) is 0.778. The van der Waals surface area contributed by atoms with Gasteiger partial charge in [0.15, 0.2) is 0 Å². The third kappa shape index (κ3) is 1.64. The minimum Gasteiger partial charge on any atom is -0.507 e. The number of nitrogens with zero attached hydrogens (tertiary/aromatic N) is 1. The van der Waals surface area contributed by atoms with Gasteiger partial charge in [-0.25, -0.2) is 0 Å². The summed E-state index contributed by atoms with van der Waals surface area (Å²) in [5.74, 6) is 0.912. The molecule has 1 aromatic carbocycles. The van der Waals surface area contributed by atoms with Gasteiger partial charge in [0.2, 0.25) is 0 Å². The topological polar surface area (TPSA) is 53.2 Å². The lowest BCUT2D eigenvalue weighted by Crippen LogP contribution is -1.94. The lowest BCUT2D eigenvalue weighted by atomic mass is 10.0. The Balaban J connectivity index is 3.34. The standard InChI is InChI=1S/C11H13NO2/c1-7-8(2)11(13)9(4-5-12)6-10(7)14-3/h6,13H,4H2,1-3H3. The highest BCUT2D eigenvalue weighted by molar-refractivity contribution is 5.52. The molecule has 0 aliphatic carbocycles. The fourth-order valence-electron chi connectivity index (χ4n) is 1.37. The van der Waals surface area contributed by atoms with E-state index >= 15 is 0 Å². The summed E-state index contributed by atoms with van der Waals surface area (Å²) in [4.78, 5) is 0. The highest BCUT2D eigenvalue weighted by Gasteiger charge is 2.11. The molecular weight excluding hydrogens is 178 g/mol. The van der Waals surface area contributed by atoms with Crippen molar-refractivity contribution in [1.29, 1.82) is 5.26 Å². The smallest absolute Gasteiger partial charge is 0.123 e. The third-order valence-corrected chi connectivity index (χ3v) is 2.39. The number of ether oxygens (including phenoxy) is 1. The number of methoxy groups -OCH3 is 1. The monoisotopic (exact) mass is 191 g/mol. The maximum Gasteiger partial charge on any atom is 0.123 e. The molecule has 1 N–H and O–H groups in total. The fraction of sp³-hybridized carbons (Fsp3) is 0.364. The molecular formula is C11H13NO2. The van der Waals surface area contributed by atoms with E-state index in [0.29, 0.717) is 11.3 Å². The summed E-state index contributed by atoms with van der Waals surface area (Å²) in [7, 11) is 1.58. The van der Waals surface area contributed by atoms with Crippen molar-refractivity contribution in [2.24, 2.45) is 0 Å². The van der Waals surface area contributed by atoms with Gasteiger partial charge < -0.3 is 9.84 Å². The Hall–Kier alpha value is -1.69. The second-order valence-corrected chi connectivity index (χ2v) is 3.17. The molecule has 0 amide bonds. The molecule has 0 spiro atoms. The van der Waals surface area contributed by atoms with E-state index in [4.69, 9.17) is 10.00 Å². The SMILES string of the molecule is COc1cc(CC#N)c(O)c(C)c1C. The molecule has 0 aromatic heterocycles. The number of rotatable bonds is 2. The first-order valence-electron chi connectivity index (χ1n) is 4.34. The van der Waals surface area contributed by atoms with E-state index in [9.17, 15) is 5.11 Å². The first-order chi connectivity index (χ1) is 6.61. The molecule has 0 fully saturated rings. The van der Waals surface area contributed by atoms with Gasteiger partial charge in [-0.2, -0.15) is 5.26 Å². The van der Waals surface area contributed by atoms with Gasteiger partial charge in [0.25, 0.3) is 0 Å². The van der Waals surface area contributed by atoms with Crippen molar-refractivity contribution < 1.29 is 9.84 Å². The van der Waals surface area contributed by atoms with Gasteiger partial charge in [-0.05, 0) is 31.0 Å². The van der Waals surface area contributed by atoms with E-state index in [1.807, 2.05) is 19.9 Å². The Morgan fingerprint density at radius 2 is 2.07 bits per heavy atom. The summed E-state index contributed by atoms with van der Waals surface area (Å²) in [5, 5.41) is 18.3. The van der Waals surface area contributed by atoms with E-state index in [2.05, 4.69) is 0 Å². The molecule has 0 aliphatic heterocycles. The van der Waals surface area contributed by atoms with Gasteiger partial charge in [0.05, 0.1) is 19.6 Å².